The number of nitrogens with one attached hydrogen (secondary N) is 2. The van der Waals surface area contributed by atoms with Crippen molar-refractivity contribution in [3.05, 3.63) is 89.3 Å². The molecule has 1 aromatic heterocycles. The van der Waals surface area contributed by atoms with Gasteiger partial charge in [0.05, 0.1) is 23.1 Å². The number of nitrogens with zero attached hydrogens (tertiary/aromatic N) is 3. The Kier molecular flexibility index (Phi) is 12.7. The molecule has 0 saturated carbocycles. The summed E-state index contributed by atoms with van der Waals surface area (Å²) in [6.45, 7) is -0.144. The zero-order chi connectivity index (χ0) is 33.2. The number of nitro groups is 2. The van der Waals surface area contributed by atoms with Crippen LogP contribution in [0.1, 0.15) is 5.56 Å². The van der Waals surface area contributed by atoms with Crippen molar-refractivity contribution in [3.63, 3.8) is 0 Å². The van der Waals surface area contributed by atoms with Crippen molar-refractivity contribution in [2.45, 2.75) is 19.6 Å². The van der Waals surface area contributed by atoms with Crippen molar-refractivity contribution in [2.24, 2.45) is 7.05 Å². The second kappa shape index (κ2) is 15.5. The lowest BCUT2D eigenvalue weighted by Gasteiger charge is -2.12. The molecule has 44 heavy (non-hydrogen) atoms. The summed E-state index contributed by atoms with van der Waals surface area (Å²) >= 11 is 3.11. The second-order valence-electron chi connectivity index (χ2n) is 8.68. The lowest BCUT2D eigenvalue weighted by molar-refractivity contribution is -0.384. The summed E-state index contributed by atoms with van der Waals surface area (Å²) in [5, 5.41) is 26.9. The van der Waals surface area contributed by atoms with E-state index in [1.807, 2.05) is 0 Å². The monoisotopic (exact) mass is 699 g/mol. The molecular formula is C25H24BrF6N5O7. The molecule has 19 heteroatoms. The van der Waals surface area contributed by atoms with Gasteiger partial charge < -0.3 is 15.2 Å². The molecule has 0 saturated heterocycles. The van der Waals surface area contributed by atoms with E-state index in [-0.39, 0.29) is 41.4 Å². The van der Waals surface area contributed by atoms with Crippen molar-refractivity contribution in [1.82, 2.24) is 4.57 Å². The van der Waals surface area contributed by atoms with E-state index in [0.717, 1.165) is 0 Å². The first-order valence-electron chi connectivity index (χ1n) is 12.2. The molecule has 3 rings (SSSR count). The highest BCUT2D eigenvalue weighted by molar-refractivity contribution is 9.10. The van der Waals surface area contributed by atoms with E-state index >= 15 is 0 Å². The van der Waals surface area contributed by atoms with Gasteiger partial charge in [-0.2, -0.15) is 0 Å². The van der Waals surface area contributed by atoms with Crippen LogP contribution < -0.4 is 16.2 Å². The Bertz CT molecular complexity index is 1510. The highest BCUT2D eigenvalue weighted by atomic mass is 79.9. The van der Waals surface area contributed by atoms with Crippen LogP contribution >= 0.6 is 15.9 Å². The molecule has 0 amide bonds. The van der Waals surface area contributed by atoms with Crippen molar-refractivity contribution in [1.29, 1.82) is 0 Å². The third-order valence-electron chi connectivity index (χ3n) is 5.41. The molecule has 0 fully saturated rings. The number of hydrogen-bond donors (Lipinski definition) is 2. The largest absolute Gasteiger partial charge is 0.522 e. The first kappa shape index (κ1) is 36.0. The van der Waals surface area contributed by atoms with Crippen molar-refractivity contribution < 1.29 is 45.7 Å². The number of benzene rings is 2. The maximum atomic E-state index is 12.0. The maximum absolute atomic E-state index is 12.0. The lowest BCUT2D eigenvalue weighted by Crippen LogP contribution is -2.19. The van der Waals surface area contributed by atoms with Crippen LogP contribution in [-0.2, 0) is 16.5 Å². The minimum Gasteiger partial charge on any atom is -0.377 e. The van der Waals surface area contributed by atoms with Gasteiger partial charge in [0, 0.05) is 48.5 Å². The predicted octanol–water partition coefficient (Wildman–Crippen LogP) is 6.52. The van der Waals surface area contributed by atoms with Crippen LogP contribution in [0.15, 0.2) is 57.9 Å². The third-order valence-corrected chi connectivity index (χ3v) is 5.90. The number of hydrogen-bond acceptors (Lipinski definition) is 9. The molecular weight excluding hydrogens is 676 g/mol. The number of pyridine rings is 1. The summed E-state index contributed by atoms with van der Waals surface area (Å²) in [5.41, 5.74) is 1.25. The van der Waals surface area contributed by atoms with Crippen LogP contribution in [0.5, 0.6) is 0 Å². The number of nitro benzene ring substituents is 2. The van der Waals surface area contributed by atoms with Crippen molar-refractivity contribution >= 4 is 38.7 Å². The summed E-state index contributed by atoms with van der Waals surface area (Å²) < 4.78 is 80.2. The van der Waals surface area contributed by atoms with E-state index in [4.69, 9.17) is 0 Å². The first-order chi connectivity index (χ1) is 20.4. The Morgan fingerprint density at radius 1 is 0.818 bits per heavy atom. The average Bonchev–Trinajstić information content (AvgIpc) is 2.91. The van der Waals surface area contributed by atoms with Crippen LogP contribution in [0, 0.1) is 27.2 Å². The summed E-state index contributed by atoms with van der Waals surface area (Å²) in [6, 6.07) is 9.97. The fraction of sp³-hybridized carbons (Fsp3) is 0.320. The Labute approximate surface area is 253 Å². The summed E-state index contributed by atoms with van der Waals surface area (Å²) in [7, 11) is 1.58. The fourth-order valence-electron chi connectivity index (χ4n) is 3.57. The third kappa shape index (κ3) is 11.8. The standard InChI is InChI=1S/C16H16F3N3O4.C9H8BrF3N2O3/c1-10-7-12(9-21(2)15(10)23)11-3-4-14(22(24)25)13(8-11)20-5-6-26-16(17,18)19;10-6-1-2-8(15(16)17)7(5-6)14-3-4-18-9(11,12)13/h3-4,7-9,20H,5-6H2,1-2H3;1-2,5,14H,3-4H2. The molecule has 0 aliphatic carbocycles. The summed E-state index contributed by atoms with van der Waals surface area (Å²) in [6.07, 6.45) is -7.89. The van der Waals surface area contributed by atoms with Crippen molar-refractivity contribution in [3.8, 4) is 11.1 Å². The normalized spacial score (nSPS) is 11.4. The molecule has 0 spiro atoms. The van der Waals surface area contributed by atoms with E-state index in [9.17, 15) is 51.4 Å². The van der Waals surface area contributed by atoms with Gasteiger partial charge in [-0.1, -0.05) is 15.9 Å². The minimum absolute atomic E-state index is 0.0600. The number of halogens is 7. The maximum Gasteiger partial charge on any atom is 0.522 e. The Hall–Kier alpha value is -4.23. The van der Waals surface area contributed by atoms with E-state index < -0.39 is 35.8 Å². The van der Waals surface area contributed by atoms with Crippen LogP contribution in [0.3, 0.4) is 0 Å². The molecule has 12 nitrogen and oxygen atoms in total. The van der Waals surface area contributed by atoms with Gasteiger partial charge in [0.2, 0.25) is 0 Å². The van der Waals surface area contributed by atoms with Crippen LogP contribution in [-0.4, -0.2) is 53.4 Å². The number of aryl methyl sites for hydroxylation is 2. The number of alkyl halides is 6. The second-order valence-corrected chi connectivity index (χ2v) is 9.59. The molecule has 3 aromatic rings. The zero-order valence-electron chi connectivity index (χ0n) is 22.8. The van der Waals surface area contributed by atoms with E-state index in [1.165, 1.54) is 41.0 Å². The molecule has 0 aliphatic rings. The highest BCUT2D eigenvalue weighted by Gasteiger charge is 2.29. The number of anilines is 2. The topological polar surface area (TPSA) is 151 Å². The molecule has 1 heterocycles. The van der Waals surface area contributed by atoms with Gasteiger partial charge >= 0.3 is 12.7 Å². The average molecular weight is 700 g/mol. The van der Waals surface area contributed by atoms with Crippen LogP contribution in [0.2, 0.25) is 0 Å². The number of rotatable bonds is 11. The molecule has 0 unspecified atom stereocenters. The number of ether oxygens (including phenoxy) is 2. The highest BCUT2D eigenvalue weighted by Crippen LogP contribution is 2.31. The van der Waals surface area contributed by atoms with Crippen LogP contribution in [0.4, 0.5) is 49.1 Å². The predicted molar refractivity (Wildman–Crippen MR) is 150 cm³/mol. The van der Waals surface area contributed by atoms with Gasteiger partial charge in [-0.25, -0.2) is 0 Å². The van der Waals surface area contributed by atoms with Gasteiger partial charge in [0.25, 0.3) is 16.9 Å². The molecule has 2 aromatic carbocycles. The van der Waals surface area contributed by atoms with E-state index in [2.05, 4.69) is 36.0 Å². The van der Waals surface area contributed by atoms with E-state index in [0.29, 0.717) is 21.2 Å². The zero-order valence-corrected chi connectivity index (χ0v) is 24.4. The van der Waals surface area contributed by atoms with Crippen LogP contribution in [0.25, 0.3) is 11.1 Å². The van der Waals surface area contributed by atoms with Gasteiger partial charge in [-0.05, 0) is 48.4 Å². The Morgan fingerprint density at radius 3 is 1.75 bits per heavy atom. The number of aromatic nitrogens is 1. The molecule has 240 valence electrons. The molecule has 0 aliphatic heterocycles. The molecule has 0 bridgehead atoms. The van der Waals surface area contributed by atoms with Gasteiger partial charge in [0.15, 0.2) is 0 Å². The smallest absolute Gasteiger partial charge is 0.377 e. The lowest BCUT2D eigenvalue weighted by atomic mass is 10.0. The Balaban J connectivity index is 0.000000329. The van der Waals surface area contributed by atoms with E-state index in [1.54, 1.807) is 26.2 Å². The Morgan fingerprint density at radius 2 is 1.30 bits per heavy atom. The summed E-state index contributed by atoms with van der Waals surface area (Å²) in [4.78, 5) is 32.3. The van der Waals surface area contributed by atoms with Gasteiger partial charge in [0.1, 0.15) is 11.4 Å². The molecule has 0 atom stereocenters. The molecule has 0 radical (unpaired) electrons. The first-order valence-corrected chi connectivity index (χ1v) is 13.0. The fourth-order valence-corrected chi connectivity index (χ4v) is 3.93. The van der Waals surface area contributed by atoms with Crippen molar-refractivity contribution in [2.75, 3.05) is 36.9 Å². The molecule has 2 N–H and O–H groups in total. The van der Waals surface area contributed by atoms with Gasteiger partial charge in [-0.15, -0.1) is 26.3 Å². The van der Waals surface area contributed by atoms with Gasteiger partial charge in [-0.3, -0.25) is 34.5 Å². The SMILES string of the molecule is Cc1cc(-c2ccc([N+](=O)[O-])c(NCCOC(F)(F)F)c2)cn(C)c1=O.O=[N+]([O-])c1ccc(Br)cc1NCCOC(F)(F)F. The minimum atomic E-state index is -4.76. The quantitative estimate of drug-likeness (QED) is 0.0986. The summed E-state index contributed by atoms with van der Waals surface area (Å²) in [5.74, 6) is 0.